The highest BCUT2D eigenvalue weighted by molar-refractivity contribution is 9.10. The second-order valence-electron chi connectivity index (χ2n) is 10.5. The van der Waals surface area contributed by atoms with Gasteiger partial charge in [0.05, 0.1) is 31.2 Å². The first-order valence-electron chi connectivity index (χ1n) is 11.8. The Labute approximate surface area is 214 Å². The van der Waals surface area contributed by atoms with Gasteiger partial charge in [0.2, 0.25) is 0 Å². The molecule has 2 aromatic carbocycles. The van der Waals surface area contributed by atoms with Gasteiger partial charge in [-0.15, -0.1) is 0 Å². The molecule has 5 unspecified atom stereocenters. The third kappa shape index (κ3) is 3.59. The summed E-state index contributed by atoms with van der Waals surface area (Å²) in [5.41, 5.74) is -1.08. The Morgan fingerprint density at radius 1 is 1.09 bits per heavy atom. The number of aromatic nitrogens is 1. The molecule has 0 saturated heterocycles. The predicted molar refractivity (Wildman–Crippen MR) is 138 cm³/mol. The highest BCUT2D eigenvalue weighted by Crippen LogP contribution is 2.69. The standard InChI is InChI=1S/C28H31BrN2O4/c1-26(2,3)31-14-20-23(17-8-6-5-7-9-17)28(18-10-12-19(29)13-11-18)27(33,25(20)32)24-21(34-4)15-30-16-22(24)35-28/h5-13,15-16,20,23,25,31-33H,14H2,1-4H3. The van der Waals surface area contributed by atoms with E-state index in [1.54, 1.807) is 12.4 Å². The average molecular weight is 539 g/mol. The van der Waals surface area contributed by atoms with Gasteiger partial charge in [-0.1, -0.05) is 58.4 Å². The van der Waals surface area contributed by atoms with Crippen LogP contribution in [0.2, 0.25) is 0 Å². The van der Waals surface area contributed by atoms with Crippen molar-refractivity contribution in [3.05, 3.63) is 88.2 Å². The summed E-state index contributed by atoms with van der Waals surface area (Å²) >= 11 is 3.53. The minimum atomic E-state index is -1.78. The maximum atomic E-state index is 12.7. The fourth-order valence-electron chi connectivity index (χ4n) is 5.88. The lowest BCUT2D eigenvalue weighted by Gasteiger charge is -2.41. The summed E-state index contributed by atoms with van der Waals surface area (Å²) < 4.78 is 13.3. The van der Waals surface area contributed by atoms with Gasteiger partial charge in [-0.25, -0.2) is 0 Å². The van der Waals surface area contributed by atoms with Crippen molar-refractivity contribution in [2.75, 3.05) is 13.7 Å². The fraction of sp³-hybridized carbons (Fsp3) is 0.393. The number of aliphatic hydroxyl groups is 2. The second-order valence-corrected chi connectivity index (χ2v) is 11.4. The fourth-order valence-corrected chi connectivity index (χ4v) is 6.15. The molecule has 1 aliphatic carbocycles. The first-order chi connectivity index (χ1) is 16.6. The van der Waals surface area contributed by atoms with Crippen molar-refractivity contribution in [1.29, 1.82) is 0 Å². The molecule has 1 fully saturated rings. The van der Waals surface area contributed by atoms with Crippen LogP contribution in [0, 0.1) is 5.92 Å². The number of aliphatic hydroxyl groups excluding tert-OH is 1. The summed E-state index contributed by atoms with van der Waals surface area (Å²) in [6.07, 6.45) is 2.00. The van der Waals surface area contributed by atoms with Gasteiger partial charge in [-0.2, -0.15) is 0 Å². The third-order valence-electron chi connectivity index (χ3n) is 7.31. The zero-order chi connectivity index (χ0) is 25.0. The monoisotopic (exact) mass is 538 g/mol. The van der Waals surface area contributed by atoms with Gasteiger partial charge in [-0.3, -0.25) is 4.98 Å². The zero-order valence-corrected chi connectivity index (χ0v) is 21.9. The Morgan fingerprint density at radius 3 is 2.40 bits per heavy atom. The highest BCUT2D eigenvalue weighted by atomic mass is 79.9. The van der Waals surface area contributed by atoms with Crippen LogP contribution in [0.15, 0.2) is 71.5 Å². The van der Waals surface area contributed by atoms with Gasteiger partial charge in [0.1, 0.15) is 11.5 Å². The van der Waals surface area contributed by atoms with Crippen LogP contribution in [0.3, 0.4) is 0 Å². The maximum absolute atomic E-state index is 12.7. The molecule has 0 spiro atoms. The van der Waals surface area contributed by atoms with Crippen molar-refractivity contribution in [2.24, 2.45) is 5.92 Å². The molecule has 5 atom stereocenters. The Morgan fingerprint density at radius 2 is 1.77 bits per heavy atom. The topological polar surface area (TPSA) is 83.8 Å². The first kappa shape index (κ1) is 24.3. The van der Waals surface area contributed by atoms with Gasteiger partial charge < -0.3 is 25.0 Å². The summed E-state index contributed by atoms with van der Waals surface area (Å²) in [5, 5.41) is 28.3. The molecule has 0 bridgehead atoms. The molecule has 35 heavy (non-hydrogen) atoms. The van der Waals surface area contributed by atoms with E-state index in [4.69, 9.17) is 9.47 Å². The summed E-state index contributed by atoms with van der Waals surface area (Å²) in [6, 6.07) is 17.8. The summed E-state index contributed by atoms with van der Waals surface area (Å²) in [7, 11) is 1.54. The second kappa shape index (κ2) is 8.59. The van der Waals surface area contributed by atoms with E-state index in [0.717, 1.165) is 15.6 Å². The van der Waals surface area contributed by atoms with Crippen LogP contribution < -0.4 is 14.8 Å². The lowest BCUT2D eigenvalue weighted by atomic mass is 9.70. The lowest BCUT2D eigenvalue weighted by Crippen LogP contribution is -2.52. The van der Waals surface area contributed by atoms with E-state index in [0.29, 0.717) is 23.6 Å². The molecule has 1 aromatic heterocycles. The van der Waals surface area contributed by atoms with Crippen LogP contribution in [-0.4, -0.2) is 40.5 Å². The number of methoxy groups -OCH3 is 1. The molecule has 2 aliphatic rings. The largest absolute Gasteiger partial charge is 0.495 e. The van der Waals surface area contributed by atoms with E-state index in [9.17, 15) is 10.2 Å². The minimum Gasteiger partial charge on any atom is -0.495 e. The van der Waals surface area contributed by atoms with Crippen molar-refractivity contribution in [3.63, 3.8) is 0 Å². The van der Waals surface area contributed by atoms with E-state index < -0.39 is 17.3 Å². The molecule has 3 N–H and O–H groups in total. The van der Waals surface area contributed by atoms with Crippen molar-refractivity contribution in [3.8, 4) is 11.5 Å². The van der Waals surface area contributed by atoms with Gasteiger partial charge >= 0.3 is 0 Å². The average Bonchev–Trinajstić information content (AvgIpc) is 3.21. The van der Waals surface area contributed by atoms with E-state index in [-0.39, 0.29) is 17.4 Å². The number of rotatable bonds is 5. The molecule has 6 nitrogen and oxygen atoms in total. The number of hydrogen-bond acceptors (Lipinski definition) is 6. The molecule has 3 aromatic rings. The van der Waals surface area contributed by atoms with E-state index >= 15 is 0 Å². The molecule has 7 heteroatoms. The normalized spacial score (nSPS) is 29.4. The number of nitrogens with zero attached hydrogens (tertiary/aromatic N) is 1. The summed E-state index contributed by atoms with van der Waals surface area (Å²) in [4.78, 5) is 4.27. The van der Waals surface area contributed by atoms with Crippen molar-refractivity contribution < 1.29 is 19.7 Å². The van der Waals surface area contributed by atoms with Gasteiger partial charge in [0, 0.05) is 28.4 Å². The van der Waals surface area contributed by atoms with Crippen LogP contribution in [-0.2, 0) is 11.2 Å². The lowest BCUT2D eigenvalue weighted by molar-refractivity contribution is -0.152. The molecule has 184 valence electrons. The predicted octanol–water partition coefficient (Wildman–Crippen LogP) is 4.49. The van der Waals surface area contributed by atoms with Crippen LogP contribution in [0.5, 0.6) is 11.5 Å². The summed E-state index contributed by atoms with van der Waals surface area (Å²) in [6.45, 7) is 6.75. The zero-order valence-electron chi connectivity index (χ0n) is 20.3. The van der Waals surface area contributed by atoms with Crippen LogP contribution >= 0.6 is 15.9 Å². The maximum Gasteiger partial charge on any atom is 0.177 e. The number of fused-ring (bicyclic) bond motifs is 3. The molecular formula is C28H31BrN2O4. The van der Waals surface area contributed by atoms with Gasteiger partial charge in [0.25, 0.3) is 0 Å². The quantitative estimate of drug-likeness (QED) is 0.443. The molecule has 0 radical (unpaired) electrons. The van der Waals surface area contributed by atoms with Gasteiger partial charge in [0.15, 0.2) is 11.2 Å². The van der Waals surface area contributed by atoms with Crippen molar-refractivity contribution in [1.82, 2.24) is 10.3 Å². The van der Waals surface area contributed by atoms with Crippen LogP contribution in [0.4, 0.5) is 0 Å². The van der Waals surface area contributed by atoms with Crippen LogP contribution in [0.25, 0.3) is 0 Å². The number of halogens is 1. The molecule has 0 amide bonds. The molecule has 5 rings (SSSR count). The molecule has 1 aliphatic heterocycles. The highest BCUT2D eigenvalue weighted by Gasteiger charge is 2.76. The van der Waals surface area contributed by atoms with Crippen molar-refractivity contribution >= 4 is 15.9 Å². The Kier molecular flexibility index (Phi) is 5.95. The van der Waals surface area contributed by atoms with E-state index in [1.165, 1.54) is 7.11 Å². The Balaban J connectivity index is 1.81. The summed E-state index contributed by atoms with van der Waals surface area (Å²) in [5.74, 6) is 0.0596. The van der Waals surface area contributed by atoms with E-state index in [1.807, 2.05) is 54.6 Å². The number of benzene rings is 2. The third-order valence-corrected chi connectivity index (χ3v) is 7.84. The molecule has 1 saturated carbocycles. The number of nitrogens with one attached hydrogen (secondary N) is 1. The number of ether oxygens (including phenoxy) is 2. The van der Waals surface area contributed by atoms with Crippen LogP contribution in [0.1, 0.15) is 43.4 Å². The van der Waals surface area contributed by atoms with Gasteiger partial charge in [-0.05, 0) is 44.0 Å². The van der Waals surface area contributed by atoms with E-state index in [2.05, 4.69) is 47.0 Å². The first-order valence-corrected chi connectivity index (χ1v) is 12.6. The number of hydrogen-bond donors (Lipinski definition) is 3. The molecule has 2 heterocycles. The smallest absolute Gasteiger partial charge is 0.177 e. The Hall–Kier alpha value is -2.45. The molecular weight excluding hydrogens is 508 g/mol. The minimum absolute atomic E-state index is 0.174. The Bertz CT molecular complexity index is 1210. The number of pyridine rings is 1. The SMILES string of the molecule is COc1cncc2c1C1(O)C(O)C(CNC(C)(C)C)C(c3ccccc3)C1(c1ccc(Br)cc1)O2. The van der Waals surface area contributed by atoms with Crippen molar-refractivity contribution in [2.45, 2.75) is 49.5 Å².